The minimum Gasteiger partial charge on any atom is -0.347 e. The topological polar surface area (TPSA) is 80.2 Å². The lowest BCUT2D eigenvalue weighted by atomic mass is 10.1. The van der Waals surface area contributed by atoms with Gasteiger partial charge in [0.25, 0.3) is 17.4 Å². The Kier molecular flexibility index (Phi) is 6.22. The highest BCUT2D eigenvalue weighted by atomic mass is 35.5. The Morgan fingerprint density at radius 2 is 1.65 bits per heavy atom. The first-order chi connectivity index (χ1) is 16.5. The van der Waals surface area contributed by atoms with Gasteiger partial charge in [-0.05, 0) is 73.2 Å². The zero-order valence-corrected chi connectivity index (χ0v) is 19.7. The largest absolute Gasteiger partial charge is 0.347 e. The first-order valence-corrected chi connectivity index (χ1v) is 12.3. The summed E-state index contributed by atoms with van der Waals surface area (Å²) in [6, 6.07) is 19.0. The van der Waals surface area contributed by atoms with E-state index in [9.17, 15) is 14.4 Å². The Morgan fingerprint density at radius 1 is 0.912 bits per heavy atom. The van der Waals surface area contributed by atoms with Crippen LogP contribution in [0.5, 0.6) is 0 Å². The molecule has 2 heterocycles. The van der Waals surface area contributed by atoms with Crippen LogP contribution in [-0.4, -0.2) is 28.5 Å². The van der Waals surface area contributed by atoms with E-state index in [-0.39, 0.29) is 29.5 Å². The van der Waals surface area contributed by atoms with Crippen molar-refractivity contribution >= 4 is 44.8 Å². The molecule has 2 aromatic carbocycles. The normalized spacial score (nSPS) is 17.6. The summed E-state index contributed by atoms with van der Waals surface area (Å²) in [5, 5.41) is 7.80. The average Bonchev–Trinajstić information content (AvgIpc) is 3.46. The van der Waals surface area contributed by atoms with E-state index in [1.54, 1.807) is 42.6 Å². The van der Waals surface area contributed by atoms with Crippen LogP contribution < -0.4 is 16.2 Å². The summed E-state index contributed by atoms with van der Waals surface area (Å²) in [7, 11) is 0. The first-order valence-electron chi connectivity index (χ1n) is 11.1. The molecule has 4 aromatic rings. The molecule has 1 fully saturated rings. The molecule has 172 valence electrons. The number of carbonyl (C=O) groups is 2. The third kappa shape index (κ3) is 4.62. The van der Waals surface area contributed by atoms with E-state index in [1.807, 2.05) is 24.3 Å². The fourth-order valence-electron chi connectivity index (χ4n) is 4.33. The molecule has 34 heavy (non-hydrogen) atoms. The maximum Gasteiger partial charge on any atom is 0.261 e. The predicted octanol–water partition coefficient (Wildman–Crippen LogP) is 4.79. The lowest BCUT2D eigenvalue weighted by Gasteiger charge is -2.22. The molecule has 2 amide bonds. The van der Waals surface area contributed by atoms with Gasteiger partial charge in [0.05, 0.1) is 4.88 Å². The highest BCUT2D eigenvalue weighted by Gasteiger charge is 2.30. The van der Waals surface area contributed by atoms with Crippen molar-refractivity contribution in [3.8, 4) is 5.69 Å². The van der Waals surface area contributed by atoms with E-state index < -0.39 is 0 Å². The zero-order chi connectivity index (χ0) is 23.7. The third-order valence-corrected chi connectivity index (χ3v) is 7.42. The van der Waals surface area contributed by atoms with Crippen LogP contribution in [0.4, 0.5) is 0 Å². The molecule has 2 aromatic heterocycles. The quantitative estimate of drug-likeness (QED) is 0.421. The molecule has 6 nitrogen and oxygen atoms in total. The minimum atomic E-state index is -0.199. The number of fused-ring (bicyclic) bond motifs is 1. The number of hydrogen-bond acceptors (Lipinski definition) is 4. The molecule has 1 saturated carbocycles. The zero-order valence-electron chi connectivity index (χ0n) is 18.2. The van der Waals surface area contributed by atoms with Crippen LogP contribution >= 0.6 is 22.9 Å². The molecule has 8 heteroatoms. The van der Waals surface area contributed by atoms with Crippen LogP contribution in [0.25, 0.3) is 15.8 Å². The minimum absolute atomic E-state index is 0.132. The summed E-state index contributed by atoms with van der Waals surface area (Å²) < 4.78 is 2.49. The fourth-order valence-corrected chi connectivity index (χ4v) is 5.57. The van der Waals surface area contributed by atoms with Crippen molar-refractivity contribution in [3.63, 3.8) is 0 Å². The van der Waals surface area contributed by atoms with E-state index in [0.717, 1.165) is 29.3 Å². The maximum absolute atomic E-state index is 12.9. The van der Waals surface area contributed by atoms with E-state index >= 15 is 0 Å². The van der Waals surface area contributed by atoms with Crippen molar-refractivity contribution in [2.24, 2.45) is 0 Å². The number of rotatable bonds is 5. The third-order valence-electron chi connectivity index (χ3n) is 6.08. The van der Waals surface area contributed by atoms with Crippen molar-refractivity contribution < 1.29 is 9.59 Å². The van der Waals surface area contributed by atoms with Gasteiger partial charge < -0.3 is 10.6 Å². The van der Waals surface area contributed by atoms with Crippen molar-refractivity contribution in [1.29, 1.82) is 0 Å². The molecule has 0 aliphatic heterocycles. The van der Waals surface area contributed by atoms with Gasteiger partial charge in [-0.1, -0.05) is 23.7 Å². The SMILES string of the molecule is O=C(N[C@H]1CCC[C@H]1NC(=O)c1cc2ccc(Cl)cc2s1)c1ccc(-n2ccccc2=O)cc1. The molecular weight excluding hydrogens is 470 g/mol. The molecule has 0 spiro atoms. The van der Waals surface area contributed by atoms with E-state index in [2.05, 4.69) is 10.6 Å². The number of halogens is 1. The number of thiophene rings is 1. The van der Waals surface area contributed by atoms with Gasteiger partial charge in [-0.15, -0.1) is 11.3 Å². The Bertz CT molecular complexity index is 1430. The van der Waals surface area contributed by atoms with Gasteiger partial charge >= 0.3 is 0 Å². The van der Waals surface area contributed by atoms with Gasteiger partial charge in [-0.2, -0.15) is 0 Å². The molecular formula is C26H22ClN3O3S. The lowest BCUT2D eigenvalue weighted by molar-refractivity contribution is 0.0894. The van der Waals surface area contributed by atoms with Crippen LogP contribution in [0.2, 0.25) is 5.02 Å². The Balaban J connectivity index is 1.25. The molecule has 1 aliphatic rings. The highest BCUT2D eigenvalue weighted by molar-refractivity contribution is 7.20. The van der Waals surface area contributed by atoms with Crippen LogP contribution in [0, 0.1) is 0 Å². The number of amides is 2. The Hall–Kier alpha value is -3.42. The molecule has 0 radical (unpaired) electrons. The summed E-state index contributed by atoms with van der Waals surface area (Å²) in [5.41, 5.74) is 1.06. The first kappa shape index (κ1) is 22.4. The van der Waals surface area contributed by atoms with Crippen LogP contribution in [0.3, 0.4) is 0 Å². The van der Waals surface area contributed by atoms with E-state index in [1.165, 1.54) is 22.0 Å². The van der Waals surface area contributed by atoms with Crippen LogP contribution in [0.15, 0.2) is 77.7 Å². The summed E-state index contributed by atoms with van der Waals surface area (Å²) in [4.78, 5) is 38.4. The molecule has 2 N–H and O–H groups in total. The average molecular weight is 492 g/mol. The monoisotopic (exact) mass is 491 g/mol. The molecule has 0 bridgehead atoms. The van der Waals surface area contributed by atoms with Gasteiger partial charge in [0.1, 0.15) is 0 Å². The standard InChI is InChI=1S/C26H22ClN3O3S/c27-18-10-7-17-14-23(34-22(17)15-18)26(33)29-21-5-3-4-20(21)28-25(32)16-8-11-19(12-9-16)30-13-2-1-6-24(30)31/h1-2,6-15,20-21H,3-5H2,(H,28,32)(H,29,33)/t20-,21+/m0/s1. The number of pyridine rings is 1. The molecule has 0 saturated heterocycles. The molecule has 5 rings (SSSR count). The number of nitrogens with zero attached hydrogens (tertiary/aromatic N) is 1. The van der Waals surface area contributed by atoms with Crippen LogP contribution in [-0.2, 0) is 0 Å². The number of carbonyl (C=O) groups excluding carboxylic acids is 2. The van der Waals surface area contributed by atoms with Crippen molar-refractivity contribution in [3.05, 3.63) is 98.7 Å². The van der Waals surface area contributed by atoms with Gasteiger partial charge in [0.15, 0.2) is 0 Å². The smallest absolute Gasteiger partial charge is 0.261 e. The molecule has 2 atom stereocenters. The second kappa shape index (κ2) is 9.44. The van der Waals surface area contributed by atoms with Crippen molar-refractivity contribution in [2.45, 2.75) is 31.3 Å². The van der Waals surface area contributed by atoms with E-state index in [4.69, 9.17) is 11.6 Å². The van der Waals surface area contributed by atoms with Gasteiger partial charge in [-0.25, -0.2) is 0 Å². The van der Waals surface area contributed by atoms with Gasteiger partial charge in [-0.3, -0.25) is 19.0 Å². The fraction of sp³-hybridized carbons (Fsp3) is 0.192. The summed E-state index contributed by atoms with van der Waals surface area (Å²) in [6.45, 7) is 0. The maximum atomic E-state index is 12.9. The summed E-state index contributed by atoms with van der Waals surface area (Å²) in [6.07, 6.45) is 4.22. The summed E-state index contributed by atoms with van der Waals surface area (Å²) in [5.74, 6) is -0.337. The number of nitrogens with one attached hydrogen (secondary N) is 2. The van der Waals surface area contributed by atoms with Gasteiger partial charge in [0.2, 0.25) is 0 Å². The Morgan fingerprint density at radius 3 is 2.38 bits per heavy atom. The molecule has 0 unspecified atom stereocenters. The number of aromatic nitrogens is 1. The van der Waals surface area contributed by atoms with Crippen molar-refractivity contribution in [1.82, 2.24) is 15.2 Å². The number of hydrogen-bond donors (Lipinski definition) is 2. The van der Waals surface area contributed by atoms with E-state index in [0.29, 0.717) is 21.2 Å². The highest BCUT2D eigenvalue weighted by Crippen LogP contribution is 2.29. The Labute approximate surface area is 205 Å². The lowest BCUT2D eigenvalue weighted by Crippen LogP contribution is -2.48. The summed E-state index contributed by atoms with van der Waals surface area (Å²) >= 11 is 7.47. The van der Waals surface area contributed by atoms with Crippen molar-refractivity contribution in [2.75, 3.05) is 0 Å². The van der Waals surface area contributed by atoms with Gasteiger partial charge in [0, 0.05) is 45.3 Å². The number of benzene rings is 2. The van der Waals surface area contributed by atoms with Crippen LogP contribution in [0.1, 0.15) is 39.3 Å². The molecule has 1 aliphatic carbocycles. The second-order valence-electron chi connectivity index (χ2n) is 8.34. The second-order valence-corrected chi connectivity index (χ2v) is 9.86. The predicted molar refractivity (Wildman–Crippen MR) is 135 cm³/mol.